The monoisotopic (exact) mass is 283 g/mol. The van der Waals surface area contributed by atoms with Crippen LogP contribution in [0.4, 0.5) is 0 Å². The van der Waals surface area contributed by atoms with Crippen LogP contribution in [-0.2, 0) is 4.79 Å². The van der Waals surface area contributed by atoms with E-state index < -0.39 is 16.9 Å². The van der Waals surface area contributed by atoms with Crippen molar-refractivity contribution in [2.24, 2.45) is 5.41 Å². The fourth-order valence-electron chi connectivity index (χ4n) is 1.45. The number of carboxylic acid groups (broad SMARTS) is 1. The van der Waals surface area contributed by atoms with Crippen LogP contribution in [0.5, 0.6) is 0 Å². The molecule has 0 aliphatic rings. The number of aliphatic carboxylic acids is 1. The summed E-state index contributed by atoms with van der Waals surface area (Å²) in [6, 6.07) is 1.83. The van der Waals surface area contributed by atoms with Gasteiger partial charge in [-0.1, -0.05) is 0 Å². The lowest BCUT2D eigenvalue weighted by molar-refractivity contribution is -0.150. The summed E-state index contributed by atoms with van der Waals surface area (Å²) in [6.45, 7) is 10.6. The van der Waals surface area contributed by atoms with Crippen LogP contribution in [0.2, 0.25) is 0 Å². The van der Waals surface area contributed by atoms with Gasteiger partial charge in [-0.25, -0.2) is 0 Å². The maximum Gasteiger partial charge on any atom is 0.311 e. The second-order valence-electron chi connectivity index (χ2n) is 5.86. The molecule has 0 spiro atoms. The standard InChI is InChI=1S/C14H21NO3S/c1-8-7-10(19-9(8)2)11(16)15-14(5,6)13(3,4)12(17)18/h7H,1-6H3,(H,15,16)(H,17,18). The van der Waals surface area contributed by atoms with Crippen molar-refractivity contribution < 1.29 is 14.7 Å². The van der Waals surface area contributed by atoms with Crippen LogP contribution >= 0.6 is 11.3 Å². The summed E-state index contributed by atoms with van der Waals surface area (Å²) >= 11 is 1.42. The first-order valence-corrected chi connectivity index (χ1v) is 6.93. The fraction of sp³-hybridized carbons (Fsp3) is 0.571. The third-order valence-corrected chi connectivity index (χ3v) is 5.06. The van der Waals surface area contributed by atoms with Crippen LogP contribution in [-0.4, -0.2) is 22.5 Å². The lowest BCUT2D eigenvalue weighted by atomic mass is 9.74. The Kier molecular flexibility index (Phi) is 4.10. The highest BCUT2D eigenvalue weighted by Crippen LogP contribution is 2.31. The van der Waals surface area contributed by atoms with E-state index in [1.165, 1.54) is 11.3 Å². The van der Waals surface area contributed by atoms with Gasteiger partial charge >= 0.3 is 5.97 Å². The van der Waals surface area contributed by atoms with Gasteiger partial charge in [0.2, 0.25) is 0 Å². The molecule has 0 aliphatic carbocycles. The number of nitrogens with one attached hydrogen (secondary N) is 1. The molecule has 1 aromatic rings. The van der Waals surface area contributed by atoms with Crippen LogP contribution in [0.25, 0.3) is 0 Å². The molecule has 106 valence electrons. The fourth-order valence-corrected chi connectivity index (χ4v) is 2.38. The number of aryl methyl sites for hydroxylation is 2. The Balaban J connectivity index is 2.95. The Morgan fingerprint density at radius 2 is 1.74 bits per heavy atom. The molecule has 0 radical (unpaired) electrons. The smallest absolute Gasteiger partial charge is 0.311 e. The minimum absolute atomic E-state index is 0.222. The van der Waals surface area contributed by atoms with Crippen molar-refractivity contribution in [1.82, 2.24) is 5.32 Å². The quantitative estimate of drug-likeness (QED) is 0.892. The molecule has 1 heterocycles. The first kappa shape index (κ1) is 15.7. The Labute approximate surface area is 117 Å². The number of amides is 1. The van der Waals surface area contributed by atoms with Gasteiger partial charge in [-0.2, -0.15) is 0 Å². The first-order chi connectivity index (χ1) is 8.49. The predicted octanol–water partition coefficient (Wildman–Crippen LogP) is 2.98. The number of carbonyl (C=O) groups excluding carboxylic acids is 1. The van der Waals surface area contributed by atoms with Crippen molar-refractivity contribution in [2.75, 3.05) is 0 Å². The van der Waals surface area contributed by atoms with Gasteiger partial charge in [-0.3, -0.25) is 9.59 Å². The van der Waals surface area contributed by atoms with Crippen molar-refractivity contribution in [3.8, 4) is 0 Å². The predicted molar refractivity (Wildman–Crippen MR) is 76.8 cm³/mol. The van der Waals surface area contributed by atoms with Crippen molar-refractivity contribution >= 4 is 23.2 Å². The maximum absolute atomic E-state index is 12.2. The van der Waals surface area contributed by atoms with E-state index in [0.717, 1.165) is 10.4 Å². The molecule has 0 aromatic carbocycles. The molecule has 1 rings (SSSR count). The SMILES string of the molecule is Cc1cc(C(=O)NC(C)(C)C(C)(C)C(=O)O)sc1C. The van der Waals surface area contributed by atoms with Gasteiger partial charge in [0.05, 0.1) is 15.8 Å². The normalized spacial score (nSPS) is 12.3. The second kappa shape index (κ2) is 4.96. The number of carboxylic acids is 1. The molecular formula is C14H21NO3S. The van der Waals surface area contributed by atoms with E-state index in [4.69, 9.17) is 0 Å². The zero-order chi connectivity index (χ0) is 15.0. The number of hydrogen-bond donors (Lipinski definition) is 2. The molecule has 1 aromatic heterocycles. The Bertz CT molecular complexity index is 495. The zero-order valence-electron chi connectivity index (χ0n) is 12.2. The van der Waals surface area contributed by atoms with E-state index >= 15 is 0 Å². The van der Waals surface area contributed by atoms with E-state index in [-0.39, 0.29) is 5.91 Å². The van der Waals surface area contributed by atoms with Crippen LogP contribution in [0.1, 0.15) is 47.8 Å². The molecule has 4 nitrogen and oxygen atoms in total. The van der Waals surface area contributed by atoms with Gasteiger partial charge in [0.1, 0.15) is 0 Å². The summed E-state index contributed by atoms with van der Waals surface area (Å²) < 4.78 is 0. The lowest BCUT2D eigenvalue weighted by Gasteiger charge is -2.38. The summed E-state index contributed by atoms with van der Waals surface area (Å²) in [5.41, 5.74) is -0.823. The Hall–Kier alpha value is -1.36. The topological polar surface area (TPSA) is 66.4 Å². The highest BCUT2D eigenvalue weighted by atomic mass is 32.1. The summed E-state index contributed by atoms with van der Waals surface area (Å²) in [5, 5.41) is 12.1. The Morgan fingerprint density at radius 1 is 1.21 bits per heavy atom. The number of carbonyl (C=O) groups is 2. The van der Waals surface area contributed by atoms with E-state index in [1.807, 2.05) is 19.9 Å². The van der Waals surface area contributed by atoms with E-state index in [2.05, 4.69) is 5.32 Å². The first-order valence-electron chi connectivity index (χ1n) is 6.12. The van der Waals surface area contributed by atoms with Crippen LogP contribution in [0, 0.1) is 19.3 Å². The molecule has 2 N–H and O–H groups in total. The Morgan fingerprint density at radius 3 is 2.11 bits per heavy atom. The highest BCUT2D eigenvalue weighted by Gasteiger charge is 2.44. The van der Waals surface area contributed by atoms with Crippen molar-refractivity contribution in [3.63, 3.8) is 0 Å². The van der Waals surface area contributed by atoms with Crippen LogP contribution < -0.4 is 5.32 Å². The largest absolute Gasteiger partial charge is 0.481 e. The van der Waals surface area contributed by atoms with Gasteiger partial charge in [-0.15, -0.1) is 11.3 Å². The molecular weight excluding hydrogens is 262 g/mol. The summed E-state index contributed by atoms with van der Waals surface area (Å²) in [6.07, 6.45) is 0. The van der Waals surface area contributed by atoms with Gasteiger partial charge in [0, 0.05) is 4.88 Å². The molecule has 0 aliphatic heterocycles. The molecule has 0 saturated carbocycles. The molecule has 0 bridgehead atoms. The number of thiophene rings is 1. The average Bonchev–Trinajstić information content (AvgIpc) is 2.58. The van der Waals surface area contributed by atoms with Gasteiger partial charge in [0.15, 0.2) is 0 Å². The van der Waals surface area contributed by atoms with Crippen LogP contribution in [0.3, 0.4) is 0 Å². The molecule has 1 amide bonds. The summed E-state index contributed by atoms with van der Waals surface area (Å²) in [4.78, 5) is 25.2. The zero-order valence-corrected chi connectivity index (χ0v) is 13.1. The molecule has 19 heavy (non-hydrogen) atoms. The van der Waals surface area contributed by atoms with Gasteiger partial charge in [0.25, 0.3) is 5.91 Å². The molecule has 0 unspecified atom stereocenters. The van der Waals surface area contributed by atoms with E-state index in [9.17, 15) is 14.7 Å². The van der Waals surface area contributed by atoms with Crippen LogP contribution in [0.15, 0.2) is 6.07 Å². The highest BCUT2D eigenvalue weighted by molar-refractivity contribution is 7.14. The van der Waals surface area contributed by atoms with E-state index in [1.54, 1.807) is 27.7 Å². The summed E-state index contributed by atoms with van der Waals surface area (Å²) in [7, 11) is 0. The van der Waals surface area contributed by atoms with Gasteiger partial charge < -0.3 is 10.4 Å². The average molecular weight is 283 g/mol. The van der Waals surface area contributed by atoms with Crippen molar-refractivity contribution in [3.05, 3.63) is 21.4 Å². The summed E-state index contributed by atoms with van der Waals surface area (Å²) in [5.74, 6) is -1.16. The van der Waals surface area contributed by atoms with Gasteiger partial charge in [-0.05, 0) is 53.2 Å². The van der Waals surface area contributed by atoms with E-state index in [0.29, 0.717) is 4.88 Å². The third kappa shape index (κ3) is 2.97. The molecule has 0 fully saturated rings. The molecule has 0 atom stereocenters. The number of hydrogen-bond acceptors (Lipinski definition) is 3. The van der Waals surface area contributed by atoms with Crippen molar-refractivity contribution in [2.45, 2.75) is 47.1 Å². The second-order valence-corrected chi connectivity index (χ2v) is 7.12. The minimum Gasteiger partial charge on any atom is -0.481 e. The maximum atomic E-state index is 12.2. The third-order valence-electron chi connectivity index (χ3n) is 3.91. The minimum atomic E-state index is -1.05. The molecule has 0 saturated heterocycles. The number of rotatable bonds is 4. The molecule has 5 heteroatoms. The van der Waals surface area contributed by atoms with Crippen molar-refractivity contribution in [1.29, 1.82) is 0 Å². The lowest BCUT2D eigenvalue weighted by Crippen LogP contribution is -2.56.